The van der Waals surface area contributed by atoms with Crippen molar-refractivity contribution in [2.24, 2.45) is 11.1 Å². The van der Waals surface area contributed by atoms with E-state index in [2.05, 4.69) is 10.6 Å². The van der Waals surface area contributed by atoms with Crippen LogP contribution in [0.15, 0.2) is 0 Å². The van der Waals surface area contributed by atoms with Crippen LogP contribution in [0.3, 0.4) is 0 Å². The largest absolute Gasteiger partial charge is 0.368 e. The molecule has 2 amide bonds. The van der Waals surface area contributed by atoms with Crippen molar-refractivity contribution < 1.29 is 9.59 Å². The topological polar surface area (TPSA) is 84.2 Å². The van der Waals surface area contributed by atoms with Gasteiger partial charge < -0.3 is 16.4 Å². The summed E-state index contributed by atoms with van der Waals surface area (Å²) in [6, 6.07) is -0.599. The quantitative estimate of drug-likeness (QED) is 0.619. The zero-order valence-electron chi connectivity index (χ0n) is 10.0. The van der Waals surface area contributed by atoms with Crippen molar-refractivity contribution in [3.8, 4) is 0 Å². The van der Waals surface area contributed by atoms with Gasteiger partial charge in [0.15, 0.2) is 0 Å². The molecule has 0 aromatic rings. The minimum absolute atomic E-state index is 0.0616. The highest BCUT2D eigenvalue weighted by Gasteiger charge is 2.38. The van der Waals surface area contributed by atoms with Gasteiger partial charge in [0.05, 0.1) is 5.41 Å². The molecule has 0 aliphatic carbocycles. The molecule has 5 heteroatoms. The van der Waals surface area contributed by atoms with Crippen molar-refractivity contribution in [1.29, 1.82) is 0 Å². The van der Waals surface area contributed by atoms with E-state index in [4.69, 9.17) is 5.73 Å². The lowest BCUT2D eigenvalue weighted by Gasteiger charge is -2.36. The van der Waals surface area contributed by atoms with Gasteiger partial charge in [0.1, 0.15) is 6.04 Å². The lowest BCUT2D eigenvalue weighted by molar-refractivity contribution is -0.135. The van der Waals surface area contributed by atoms with E-state index in [1.54, 1.807) is 6.92 Å². The molecule has 2 unspecified atom stereocenters. The van der Waals surface area contributed by atoms with Crippen molar-refractivity contribution in [3.05, 3.63) is 0 Å². The Labute approximate surface area is 96.1 Å². The SMILES string of the molecule is CCC1(C(=O)NC(C)C(N)=O)CCCNC1. The fourth-order valence-electron chi connectivity index (χ4n) is 2.04. The maximum absolute atomic E-state index is 12.1. The summed E-state index contributed by atoms with van der Waals surface area (Å²) in [6.07, 6.45) is 2.64. The molecule has 0 saturated carbocycles. The third-order valence-electron chi connectivity index (χ3n) is 3.41. The van der Waals surface area contributed by atoms with Crippen molar-refractivity contribution in [3.63, 3.8) is 0 Å². The van der Waals surface area contributed by atoms with Crippen molar-refractivity contribution in [1.82, 2.24) is 10.6 Å². The minimum atomic E-state index is -0.599. The van der Waals surface area contributed by atoms with Gasteiger partial charge >= 0.3 is 0 Å². The fraction of sp³-hybridized carbons (Fsp3) is 0.818. The number of amides is 2. The molecular weight excluding hydrogens is 206 g/mol. The molecule has 4 N–H and O–H groups in total. The Morgan fingerprint density at radius 1 is 1.56 bits per heavy atom. The van der Waals surface area contributed by atoms with Crippen LogP contribution in [0.25, 0.3) is 0 Å². The molecule has 92 valence electrons. The van der Waals surface area contributed by atoms with E-state index in [0.717, 1.165) is 25.8 Å². The third-order valence-corrected chi connectivity index (χ3v) is 3.41. The first-order valence-electron chi connectivity index (χ1n) is 5.83. The number of carbonyl (C=O) groups is 2. The minimum Gasteiger partial charge on any atom is -0.368 e. The molecule has 16 heavy (non-hydrogen) atoms. The molecule has 1 aliphatic rings. The highest BCUT2D eigenvalue weighted by molar-refractivity contribution is 5.89. The van der Waals surface area contributed by atoms with Crippen LogP contribution in [0, 0.1) is 5.41 Å². The Morgan fingerprint density at radius 2 is 2.25 bits per heavy atom. The zero-order chi connectivity index (χ0) is 12.2. The summed E-state index contributed by atoms with van der Waals surface area (Å²) in [7, 11) is 0. The monoisotopic (exact) mass is 227 g/mol. The Kier molecular flexibility index (Phi) is 4.29. The second-order valence-corrected chi connectivity index (χ2v) is 4.51. The summed E-state index contributed by atoms with van der Waals surface area (Å²) in [6.45, 7) is 5.25. The third kappa shape index (κ3) is 2.72. The van der Waals surface area contributed by atoms with E-state index < -0.39 is 11.9 Å². The van der Waals surface area contributed by atoms with E-state index >= 15 is 0 Å². The zero-order valence-corrected chi connectivity index (χ0v) is 10.0. The Hall–Kier alpha value is -1.10. The van der Waals surface area contributed by atoms with Crippen LogP contribution in [-0.2, 0) is 9.59 Å². The number of primary amides is 1. The van der Waals surface area contributed by atoms with Crippen molar-refractivity contribution in [2.45, 2.75) is 39.2 Å². The second-order valence-electron chi connectivity index (χ2n) is 4.51. The average Bonchev–Trinajstić information content (AvgIpc) is 2.29. The van der Waals surface area contributed by atoms with Gasteiger partial charge in [-0.1, -0.05) is 6.92 Å². The molecule has 1 saturated heterocycles. The first kappa shape index (κ1) is 13.0. The van der Waals surface area contributed by atoms with Crippen LogP contribution in [-0.4, -0.2) is 30.9 Å². The number of carbonyl (C=O) groups excluding carboxylic acids is 2. The molecule has 0 aromatic heterocycles. The highest BCUT2D eigenvalue weighted by atomic mass is 16.2. The molecule has 0 aromatic carbocycles. The summed E-state index contributed by atoms with van der Waals surface area (Å²) in [5.74, 6) is -0.558. The van der Waals surface area contributed by atoms with Gasteiger partial charge in [0, 0.05) is 6.54 Å². The maximum Gasteiger partial charge on any atom is 0.239 e. The van der Waals surface area contributed by atoms with Crippen LogP contribution in [0.2, 0.25) is 0 Å². The molecule has 1 rings (SSSR count). The number of rotatable bonds is 4. The van der Waals surface area contributed by atoms with Gasteiger partial charge in [-0.15, -0.1) is 0 Å². The normalized spacial score (nSPS) is 27.1. The molecule has 1 aliphatic heterocycles. The van der Waals surface area contributed by atoms with Gasteiger partial charge in [0.2, 0.25) is 11.8 Å². The number of hydrogen-bond acceptors (Lipinski definition) is 3. The fourth-order valence-corrected chi connectivity index (χ4v) is 2.04. The summed E-state index contributed by atoms with van der Waals surface area (Å²) >= 11 is 0. The lowest BCUT2D eigenvalue weighted by atomic mass is 9.77. The summed E-state index contributed by atoms with van der Waals surface area (Å²) < 4.78 is 0. The number of hydrogen-bond donors (Lipinski definition) is 3. The van der Waals surface area contributed by atoms with Crippen molar-refractivity contribution >= 4 is 11.8 Å². The van der Waals surface area contributed by atoms with E-state index in [-0.39, 0.29) is 11.3 Å². The average molecular weight is 227 g/mol. The summed E-state index contributed by atoms with van der Waals surface area (Å²) in [5, 5.41) is 5.92. The Morgan fingerprint density at radius 3 is 2.69 bits per heavy atom. The summed E-state index contributed by atoms with van der Waals surface area (Å²) in [5.41, 5.74) is 4.76. The Balaban J connectivity index is 2.65. The molecule has 0 spiro atoms. The lowest BCUT2D eigenvalue weighted by Crippen LogP contribution is -2.54. The van der Waals surface area contributed by atoms with E-state index in [9.17, 15) is 9.59 Å². The van der Waals surface area contributed by atoms with Crippen LogP contribution in [0.1, 0.15) is 33.1 Å². The highest BCUT2D eigenvalue weighted by Crippen LogP contribution is 2.30. The first-order valence-corrected chi connectivity index (χ1v) is 5.83. The number of piperidine rings is 1. The van der Waals surface area contributed by atoms with Gasteiger partial charge in [-0.25, -0.2) is 0 Å². The molecular formula is C11H21N3O2. The van der Waals surface area contributed by atoms with Gasteiger partial charge in [-0.2, -0.15) is 0 Å². The molecule has 5 nitrogen and oxygen atoms in total. The second kappa shape index (κ2) is 5.30. The molecule has 0 radical (unpaired) electrons. The van der Waals surface area contributed by atoms with Gasteiger partial charge in [0.25, 0.3) is 0 Å². The number of nitrogens with two attached hydrogens (primary N) is 1. The Bertz CT molecular complexity index is 272. The van der Waals surface area contributed by atoms with E-state index in [1.165, 1.54) is 0 Å². The smallest absolute Gasteiger partial charge is 0.239 e. The predicted molar refractivity (Wildman–Crippen MR) is 61.6 cm³/mol. The van der Waals surface area contributed by atoms with Gasteiger partial charge in [-0.05, 0) is 32.7 Å². The van der Waals surface area contributed by atoms with Gasteiger partial charge in [-0.3, -0.25) is 9.59 Å². The van der Waals surface area contributed by atoms with E-state index in [1.807, 2.05) is 6.92 Å². The van der Waals surface area contributed by atoms with Crippen LogP contribution < -0.4 is 16.4 Å². The number of nitrogens with one attached hydrogen (secondary N) is 2. The molecule has 1 fully saturated rings. The van der Waals surface area contributed by atoms with E-state index in [0.29, 0.717) is 6.54 Å². The first-order chi connectivity index (χ1) is 7.52. The summed E-state index contributed by atoms with van der Waals surface area (Å²) in [4.78, 5) is 23.0. The molecule has 0 bridgehead atoms. The van der Waals surface area contributed by atoms with Crippen LogP contribution in [0.4, 0.5) is 0 Å². The van der Waals surface area contributed by atoms with Crippen LogP contribution >= 0.6 is 0 Å². The van der Waals surface area contributed by atoms with Crippen LogP contribution in [0.5, 0.6) is 0 Å². The molecule has 2 atom stereocenters. The predicted octanol–water partition coefficient (Wildman–Crippen LogP) is -0.244. The molecule has 1 heterocycles. The maximum atomic E-state index is 12.1. The van der Waals surface area contributed by atoms with Crippen molar-refractivity contribution in [2.75, 3.05) is 13.1 Å². The standard InChI is InChI=1S/C11H21N3O2/c1-3-11(5-4-6-13-7-11)10(16)14-8(2)9(12)15/h8,13H,3-7H2,1-2H3,(H2,12,15)(H,14,16).